The zero-order valence-electron chi connectivity index (χ0n) is 8.79. The highest BCUT2D eigenvalue weighted by Gasteiger charge is 2.10. The lowest BCUT2D eigenvalue weighted by Crippen LogP contribution is -1.96. The Bertz CT molecular complexity index is 570. The normalized spacial score (nSPS) is 10.5. The van der Waals surface area contributed by atoms with Gasteiger partial charge in [-0.1, -0.05) is 11.6 Å². The number of aryl methyl sites for hydroxylation is 1. The minimum absolute atomic E-state index is 0.164. The molecule has 0 radical (unpaired) electrons. The van der Waals surface area contributed by atoms with E-state index in [1.807, 2.05) is 7.05 Å². The van der Waals surface area contributed by atoms with Crippen molar-refractivity contribution >= 4 is 29.3 Å². The smallest absolute Gasteiger partial charge is 0.335 e. The van der Waals surface area contributed by atoms with Crippen LogP contribution in [0.1, 0.15) is 10.4 Å². The molecule has 1 aromatic carbocycles. The third-order valence-corrected chi connectivity index (χ3v) is 3.60. The van der Waals surface area contributed by atoms with Crippen molar-refractivity contribution < 1.29 is 9.90 Å². The van der Waals surface area contributed by atoms with Gasteiger partial charge in [-0.3, -0.25) is 0 Å². The van der Waals surface area contributed by atoms with Gasteiger partial charge in [0.1, 0.15) is 6.33 Å². The van der Waals surface area contributed by atoms with Crippen LogP contribution in [-0.4, -0.2) is 25.8 Å². The Hall–Kier alpha value is -1.53. The zero-order chi connectivity index (χ0) is 12.4. The summed E-state index contributed by atoms with van der Waals surface area (Å²) in [5, 5.41) is 17.5. The molecule has 0 spiro atoms. The molecular weight excluding hydrogens is 262 g/mol. The zero-order valence-corrected chi connectivity index (χ0v) is 10.4. The molecule has 0 fully saturated rings. The molecule has 0 bridgehead atoms. The van der Waals surface area contributed by atoms with Crippen LogP contribution in [0.2, 0.25) is 5.02 Å². The number of aromatic nitrogens is 3. The van der Waals surface area contributed by atoms with E-state index < -0.39 is 5.97 Å². The first-order valence-electron chi connectivity index (χ1n) is 4.62. The number of carbonyl (C=O) groups is 1. The largest absolute Gasteiger partial charge is 0.478 e. The van der Waals surface area contributed by atoms with Gasteiger partial charge in [0.2, 0.25) is 0 Å². The summed E-state index contributed by atoms with van der Waals surface area (Å²) in [4.78, 5) is 11.5. The molecule has 0 saturated carbocycles. The van der Waals surface area contributed by atoms with Crippen LogP contribution < -0.4 is 0 Å². The summed E-state index contributed by atoms with van der Waals surface area (Å²) >= 11 is 7.33. The molecule has 0 unspecified atom stereocenters. The SMILES string of the molecule is Cn1cnnc1Sc1ccc(C(=O)O)cc1Cl. The van der Waals surface area contributed by atoms with Crippen LogP contribution >= 0.6 is 23.4 Å². The van der Waals surface area contributed by atoms with Gasteiger partial charge in [-0.15, -0.1) is 10.2 Å². The van der Waals surface area contributed by atoms with Gasteiger partial charge in [-0.05, 0) is 30.0 Å². The van der Waals surface area contributed by atoms with E-state index in [4.69, 9.17) is 16.7 Å². The number of nitrogens with zero attached hydrogens (tertiary/aromatic N) is 3. The van der Waals surface area contributed by atoms with Crippen LogP contribution in [0.5, 0.6) is 0 Å². The molecule has 0 saturated heterocycles. The molecule has 5 nitrogen and oxygen atoms in total. The van der Waals surface area contributed by atoms with E-state index in [0.29, 0.717) is 10.2 Å². The van der Waals surface area contributed by atoms with Gasteiger partial charge in [-0.25, -0.2) is 4.79 Å². The molecule has 1 heterocycles. The summed E-state index contributed by atoms with van der Waals surface area (Å²) in [5.41, 5.74) is 0.164. The molecule has 1 N–H and O–H groups in total. The van der Waals surface area contributed by atoms with Crippen LogP contribution in [0.4, 0.5) is 0 Å². The number of rotatable bonds is 3. The maximum atomic E-state index is 10.7. The minimum Gasteiger partial charge on any atom is -0.478 e. The molecule has 1 aromatic heterocycles. The second kappa shape index (κ2) is 4.77. The fourth-order valence-electron chi connectivity index (χ4n) is 1.18. The summed E-state index contributed by atoms with van der Waals surface area (Å²) in [6, 6.07) is 4.58. The van der Waals surface area contributed by atoms with Gasteiger partial charge < -0.3 is 9.67 Å². The number of carboxylic acids is 1. The van der Waals surface area contributed by atoms with Crippen molar-refractivity contribution in [2.75, 3.05) is 0 Å². The third-order valence-electron chi connectivity index (χ3n) is 2.05. The summed E-state index contributed by atoms with van der Waals surface area (Å²) in [6.07, 6.45) is 1.59. The van der Waals surface area contributed by atoms with Gasteiger partial charge in [0.25, 0.3) is 0 Å². The number of benzene rings is 1. The van der Waals surface area contributed by atoms with E-state index in [0.717, 1.165) is 4.90 Å². The topological polar surface area (TPSA) is 68.0 Å². The summed E-state index contributed by atoms with van der Waals surface area (Å²) in [5.74, 6) is -0.998. The Kier molecular flexibility index (Phi) is 3.35. The predicted molar refractivity (Wildman–Crippen MR) is 63.5 cm³/mol. The van der Waals surface area contributed by atoms with Gasteiger partial charge in [0.15, 0.2) is 5.16 Å². The van der Waals surface area contributed by atoms with E-state index in [1.54, 1.807) is 17.0 Å². The Balaban J connectivity index is 2.29. The van der Waals surface area contributed by atoms with Gasteiger partial charge >= 0.3 is 5.97 Å². The van der Waals surface area contributed by atoms with E-state index in [9.17, 15) is 4.79 Å². The number of halogens is 1. The molecule has 2 rings (SSSR count). The molecule has 7 heteroatoms. The summed E-state index contributed by atoms with van der Waals surface area (Å²) in [6.45, 7) is 0. The molecule has 0 aliphatic rings. The van der Waals surface area contributed by atoms with E-state index in [1.165, 1.54) is 23.9 Å². The molecule has 2 aromatic rings. The molecule has 0 atom stereocenters. The van der Waals surface area contributed by atoms with Crippen molar-refractivity contribution in [2.45, 2.75) is 10.1 Å². The Morgan fingerprint density at radius 3 is 2.82 bits per heavy atom. The van der Waals surface area contributed by atoms with Crippen LogP contribution in [0.15, 0.2) is 34.6 Å². The van der Waals surface area contributed by atoms with Crippen molar-refractivity contribution in [3.05, 3.63) is 35.1 Å². The number of aromatic carboxylic acids is 1. The lowest BCUT2D eigenvalue weighted by atomic mass is 10.2. The van der Waals surface area contributed by atoms with Crippen LogP contribution in [0.25, 0.3) is 0 Å². The summed E-state index contributed by atoms with van der Waals surface area (Å²) < 4.78 is 1.76. The highest BCUT2D eigenvalue weighted by Crippen LogP contribution is 2.32. The maximum absolute atomic E-state index is 10.7. The maximum Gasteiger partial charge on any atom is 0.335 e. The van der Waals surface area contributed by atoms with E-state index in [2.05, 4.69) is 10.2 Å². The number of hydrogen-bond donors (Lipinski definition) is 1. The lowest BCUT2D eigenvalue weighted by molar-refractivity contribution is 0.0697. The first-order valence-corrected chi connectivity index (χ1v) is 5.82. The average Bonchev–Trinajstić information content (AvgIpc) is 2.67. The van der Waals surface area contributed by atoms with Crippen molar-refractivity contribution in [1.29, 1.82) is 0 Å². The monoisotopic (exact) mass is 269 g/mol. The van der Waals surface area contributed by atoms with Crippen molar-refractivity contribution in [3.8, 4) is 0 Å². The van der Waals surface area contributed by atoms with Crippen molar-refractivity contribution in [1.82, 2.24) is 14.8 Å². The quantitative estimate of drug-likeness (QED) is 0.926. The van der Waals surface area contributed by atoms with Crippen molar-refractivity contribution in [3.63, 3.8) is 0 Å². The molecule has 88 valence electrons. The Morgan fingerprint density at radius 2 is 2.29 bits per heavy atom. The van der Waals surface area contributed by atoms with Gasteiger partial charge in [0.05, 0.1) is 10.6 Å². The third kappa shape index (κ3) is 2.59. The molecule has 0 aliphatic heterocycles. The second-order valence-corrected chi connectivity index (χ2v) is 4.69. The van der Waals surface area contributed by atoms with E-state index >= 15 is 0 Å². The van der Waals surface area contributed by atoms with Gasteiger partial charge in [-0.2, -0.15) is 0 Å². The Morgan fingerprint density at radius 1 is 1.53 bits per heavy atom. The highest BCUT2D eigenvalue weighted by atomic mass is 35.5. The highest BCUT2D eigenvalue weighted by molar-refractivity contribution is 7.99. The fourth-order valence-corrected chi connectivity index (χ4v) is 2.24. The average molecular weight is 270 g/mol. The first kappa shape index (κ1) is 11.9. The lowest BCUT2D eigenvalue weighted by Gasteiger charge is -2.04. The molecule has 0 amide bonds. The molecule has 17 heavy (non-hydrogen) atoms. The van der Waals surface area contributed by atoms with Gasteiger partial charge in [0, 0.05) is 11.9 Å². The fraction of sp³-hybridized carbons (Fsp3) is 0.100. The number of hydrogen-bond acceptors (Lipinski definition) is 4. The predicted octanol–water partition coefficient (Wildman–Crippen LogP) is 2.32. The van der Waals surface area contributed by atoms with Crippen LogP contribution in [-0.2, 0) is 7.05 Å². The van der Waals surface area contributed by atoms with E-state index in [-0.39, 0.29) is 5.56 Å². The minimum atomic E-state index is -0.998. The van der Waals surface area contributed by atoms with Crippen molar-refractivity contribution in [2.24, 2.45) is 7.05 Å². The first-order chi connectivity index (χ1) is 8.08. The number of carboxylic acid groups (broad SMARTS) is 1. The molecular formula is C10H8ClN3O2S. The standard InChI is InChI=1S/C10H8ClN3O2S/c1-14-5-12-13-10(14)17-8-3-2-6(9(15)16)4-7(8)11/h2-5H,1H3,(H,15,16). The molecule has 0 aliphatic carbocycles. The second-order valence-electron chi connectivity index (χ2n) is 3.28. The van der Waals surface area contributed by atoms with Crippen LogP contribution in [0, 0.1) is 0 Å². The van der Waals surface area contributed by atoms with Crippen LogP contribution in [0.3, 0.4) is 0 Å². The summed E-state index contributed by atoms with van der Waals surface area (Å²) in [7, 11) is 1.82. The Labute approximate surface area is 106 Å².